The summed E-state index contributed by atoms with van der Waals surface area (Å²) in [5, 5.41) is 4.12. The number of para-hydroxylation sites is 1. The van der Waals surface area contributed by atoms with E-state index in [-0.39, 0.29) is 5.91 Å². The maximum absolute atomic E-state index is 12.5. The molecule has 1 aromatic heterocycles. The molecule has 1 aliphatic rings. The molecule has 1 amide bonds. The standard InChI is InChI=1S/C22H22N2O2S/c1-2-26-18-9-7-16(8-10-18)15-23-22(25)20-11-12-21(27-20)24-14-13-17-5-3-4-6-19(17)24/h3-12H,2,13-15H2,1H3,(H,23,25). The van der Waals surface area contributed by atoms with Gasteiger partial charge >= 0.3 is 0 Å². The number of thiophene rings is 1. The van der Waals surface area contributed by atoms with Crippen LogP contribution in [0.4, 0.5) is 10.7 Å². The first-order valence-electron chi connectivity index (χ1n) is 9.20. The number of rotatable bonds is 6. The Kier molecular flexibility index (Phi) is 5.12. The fourth-order valence-corrected chi connectivity index (χ4v) is 4.26. The molecule has 2 heterocycles. The topological polar surface area (TPSA) is 41.6 Å². The lowest BCUT2D eigenvalue weighted by molar-refractivity contribution is 0.0955. The third kappa shape index (κ3) is 3.83. The van der Waals surface area contributed by atoms with Crippen LogP contribution in [0.15, 0.2) is 60.7 Å². The second-order valence-corrected chi connectivity index (χ2v) is 7.49. The number of nitrogens with one attached hydrogen (secondary N) is 1. The van der Waals surface area contributed by atoms with E-state index in [0.717, 1.165) is 34.2 Å². The van der Waals surface area contributed by atoms with Crippen molar-refractivity contribution in [2.24, 2.45) is 0 Å². The van der Waals surface area contributed by atoms with Crippen LogP contribution in [0, 0.1) is 0 Å². The second kappa shape index (κ2) is 7.84. The lowest BCUT2D eigenvalue weighted by atomic mass is 10.2. The van der Waals surface area contributed by atoms with Gasteiger partial charge in [0.25, 0.3) is 5.91 Å². The number of hydrogen-bond donors (Lipinski definition) is 1. The molecule has 0 fully saturated rings. The third-order valence-corrected chi connectivity index (χ3v) is 5.76. The van der Waals surface area contributed by atoms with Gasteiger partial charge < -0.3 is 15.0 Å². The molecule has 0 unspecified atom stereocenters. The minimum atomic E-state index is -0.0346. The predicted molar refractivity (Wildman–Crippen MR) is 110 cm³/mol. The zero-order valence-electron chi connectivity index (χ0n) is 15.3. The second-order valence-electron chi connectivity index (χ2n) is 6.43. The summed E-state index contributed by atoms with van der Waals surface area (Å²) in [5.74, 6) is 0.814. The Labute approximate surface area is 163 Å². The van der Waals surface area contributed by atoms with Crippen molar-refractivity contribution >= 4 is 27.9 Å². The summed E-state index contributed by atoms with van der Waals surface area (Å²) in [6.45, 7) is 4.08. The van der Waals surface area contributed by atoms with Gasteiger partial charge in [0.1, 0.15) is 5.75 Å². The quantitative estimate of drug-likeness (QED) is 0.672. The molecule has 2 aromatic carbocycles. The highest BCUT2D eigenvalue weighted by Crippen LogP contribution is 2.38. The maximum Gasteiger partial charge on any atom is 0.261 e. The molecule has 0 saturated heterocycles. The highest BCUT2D eigenvalue weighted by molar-refractivity contribution is 7.18. The number of fused-ring (bicyclic) bond motifs is 1. The van der Waals surface area contributed by atoms with E-state index in [4.69, 9.17) is 4.74 Å². The maximum atomic E-state index is 12.5. The van der Waals surface area contributed by atoms with Crippen molar-refractivity contribution < 1.29 is 9.53 Å². The molecule has 0 bridgehead atoms. The molecule has 3 aromatic rings. The van der Waals surface area contributed by atoms with Gasteiger partial charge in [-0.1, -0.05) is 30.3 Å². The highest BCUT2D eigenvalue weighted by atomic mass is 32.1. The molecule has 27 heavy (non-hydrogen) atoms. The van der Waals surface area contributed by atoms with Crippen molar-refractivity contribution in [3.05, 3.63) is 76.7 Å². The lowest BCUT2D eigenvalue weighted by Gasteiger charge is -2.16. The molecule has 0 atom stereocenters. The van der Waals surface area contributed by atoms with Gasteiger partial charge in [0, 0.05) is 18.8 Å². The number of ether oxygens (including phenoxy) is 1. The molecular formula is C22H22N2O2S. The van der Waals surface area contributed by atoms with E-state index in [1.165, 1.54) is 22.6 Å². The first-order valence-corrected chi connectivity index (χ1v) is 10.0. The number of anilines is 2. The van der Waals surface area contributed by atoms with Gasteiger partial charge in [-0.2, -0.15) is 0 Å². The molecule has 4 nitrogen and oxygen atoms in total. The number of hydrogen-bond acceptors (Lipinski definition) is 4. The Morgan fingerprint density at radius 1 is 1.11 bits per heavy atom. The van der Waals surface area contributed by atoms with E-state index < -0.39 is 0 Å². The fourth-order valence-electron chi connectivity index (χ4n) is 3.30. The van der Waals surface area contributed by atoms with Crippen molar-refractivity contribution in [1.82, 2.24) is 5.32 Å². The smallest absolute Gasteiger partial charge is 0.261 e. The average Bonchev–Trinajstić information content (AvgIpc) is 3.34. The normalized spacial score (nSPS) is 12.7. The van der Waals surface area contributed by atoms with E-state index in [2.05, 4.69) is 34.5 Å². The molecule has 0 spiro atoms. The number of benzene rings is 2. The van der Waals surface area contributed by atoms with Crippen LogP contribution in [0.25, 0.3) is 0 Å². The SMILES string of the molecule is CCOc1ccc(CNC(=O)c2ccc(N3CCc4ccccc43)s2)cc1. The Morgan fingerprint density at radius 2 is 1.93 bits per heavy atom. The minimum Gasteiger partial charge on any atom is -0.494 e. The van der Waals surface area contributed by atoms with Crippen molar-refractivity contribution in [3.63, 3.8) is 0 Å². The van der Waals surface area contributed by atoms with Crippen LogP contribution in [0.5, 0.6) is 5.75 Å². The number of nitrogens with zero attached hydrogens (tertiary/aromatic N) is 1. The van der Waals surface area contributed by atoms with Gasteiger partial charge in [-0.05, 0) is 54.8 Å². The van der Waals surface area contributed by atoms with E-state index in [9.17, 15) is 4.79 Å². The molecule has 0 saturated carbocycles. The van der Waals surface area contributed by atoms with Gasteiger partial charge in [0.05, 0.1) is 16.5 Å². The van der Waals surface area contributed by atoms with Crippen LogP contribution in [-0.4, -0.2) is 19.1 Å². The highest BCUT2D eigenvalue weighted by Gasteiger charge is 2.22. The Morgan fingerprint density at radius 3 is 2.74 bits per heavy atom. The van der Waals surface area contributed by atoms with E-state index in [1.807, 2.05) is 43.3 Å². The number of amides is 1. The monoisotopic (exact) mass is 378 g/mol. The van der Waals surface area contributed by atoms with Crippen LogP contribution in [0.1, 0.15) is 27.7 Å². The first-order chi connectivity index (χ1) is 13.2. The molecule has 1 aliphatic heterocycles. The van der Waals surface area contributed by atoms with Gasteiger partial charge in [-0.3, -0.25) is 4.79 Å². The summed E-state index contributed by atoms with van der Waals surface area (Å²) < 4.78 is 5.44. The zero-order chi connectivity index (χ0) is 18.6. The largest absolute Gasteiger partial charge is 0.494 e. The summed E-state index contributed by atoms with van der Waals surface area (Å²) in [7, 11) is 0. The molecule has 0 radical (unpaired) electrons. The third-order valence-electron chi connectivity index (χ3n) is 4.66. The Bertz CT molecular complexity index is 933. The van der Waals surface area contributed by atoms with Crippen LogP contribution in [0.2, 0.25) is 0 Å². The average molecular weight is 378 g/mol. The van der Waals surface area contributed by atoms with Gasteiger partial charge in [0.15, 0.2) is 0 Å². The van der Waals surface area contributed by atoms with Crippen LogP contribution < -0.4 is 15.0 Å². The molecule has 5 heteroatoms. The Balaban J connectivity index is 1.39. The summed E-state index contributed by atoms with van der Waals surface area (Å²) in [4.78, 5) is 15.5. The van der Waals surface area contributed by atoms with Crippen molar-refractivity contribution in [1.29, 1.82) is 0 Å². The van der Waals surface area contributed by atoms with Crippen molar-refractivity contribution in [2.45, 2.75) is 19.9 Å². The number of carbonyl (C=O) groups is 1. The van der Waals surface area contributed by atoms with Crippen LogP contribution >= 0.6 is 11.3 Å². The van der Waals surface area contributed by atoms with Gasteiger partial charge in [0.2, 0.25) is 0 Å². The van der Waals surface area contributed by atoms with Crippen LogP contribution in [-0.2, 0) is 13.0 Å². The summed E-state index contributed by atoms with van der Waals surface area (Å²) >= 11 is 1.54. The van der Waals surface area contributed by atoms with E-state index >= 15 is 0 Å². The van der Waals surface area contributed by atoms with E-state index in [1.54, 1.807) is 0 Å². The minimum absolute atomic E-state index is 0.0346. The van der Waals surface area contributed by atoms with Crippen molar-refractivity contribution in [2.75, 3.05) is 18.1 Å². The summed E-state index contributed by atoms with van der Waals surface area (Å²) in [6, 6.07) is 20.2. The van der Waals surface area contributed by atoms with Crippen molar-refractivity contribution in [3.8, 4) is 5.75 Å². The van der Waals surface area contributed by atoms with Crippen LogP contribution in [0.3, 0.4) is 0 Å². The predicted octanol–water partition coefficient (Wildman–Crippen LogP) is 4.77. The molecular weight excluding hydrogens is 356 g/mol. The molecule has 138 valence electrons. The fraction of sp³-hybridized carbons (Fsp3) is 0.227. The number of carbonyl (C=O) groups excluding carboxylic acids is 1. The van der Waals surface area contributed by atoms with Gasteiger partial charge in [-0.25, -0.2) is 0 Å². The zero-order valence-corrected chi connectivity index (χ0v) is 16.1. The first kappa shape index (κ1) is 17.6. The molecule has 1 N–H and O–H groups in total. The summed E-state index contributed by atoms with van der Waals surface area (Å²) in [5.41, 5.74) is 3.67. The molecule has 4 rings (SSSR count). The molecule has 0 aliphatic carbocycles. The lowest BCUT2D eigenvalue weighted by Crippen LogP contribution is -2.21. The Hall–Kier alpha value is -2.79. The van der Waals surface area contributed by atoms with E-state index in [0.29, 0.717) is 13.2 Å². The van der Waals surface area contributed by atoms with Gasteiger partial charge in [-0.15, -0.1) is 11.3 Å². The summed E-state index contributed by atoms with van der Waals surface area (Å²) in [6.07, 6.45) is 1.05.